The number of nitrogens with zero attached hydrogens (tertiary/aromatic N) is 3. The molecule has 0 radical (unpaired) electrons. The van der Waals surface area contributed by atoms with Gasteiger partial charge in [-0.3, -0.25) is 4.79 Å². The Labute approximate surface area is 178 Å². The lowest BCUT2D eigenvalue weighted by atomic mass is 10.1. The minimum atomic E-state index is -0.711. The maximum atomic E-state index is 13.3. The van der Waals surface area contributed by atoms with Gasteiger partial charge in [-0.15, -0.1) is 0 Å². The first kappa shape index (κ1) is 21.3. The monoisotopic (exact) mass is 423 g/mol. The number of rotatable bonds is 6. The van der Waals surface area contributed by atoms with Gasteiger partial charge in [0.05, 0.1) is 23.6 Å². The van der Waals surface area contributed by atoms with E-state index in [0.29, 0.717) is 11.4 Å². The molecule has 0 unspecified atom stereocenters. The highest BCUT2D eigenvalue weighted by Crippen LogP contribution is 2.26. The zero-order valence-electron chi connectivity index (χ0n) is 16.8. The number of thioether (sulfide) groups is 1. The van der Waals surface area contributed by atoms with Crippen molar-refractivity contribution < 1.29 is 19.5 Å². The average Bonchev–Trinajstić information content (AvgIpc) is 3.10. The molecule has 0 aliphatic carbocycles. The summed E-state index contributed by atoms with van der Waals surface area (Å²) < 4.78 is 6.61. The normalized spacial score (nSPS) is 11.4. The molecule has 0 saturated carbocycles. The molecule has 7 nitrogen and oxygen atoms in total. The van der Waals surface area contributed by atoms with Crippen LogP contribution in [-0.2, 0) is 4.74 Å². The third-order valence-corrected chi connectivity index (χ3v) is 5.30. The number of hydrogen-bond acceptors (Lipinski definition) is 7. The van der Waals surface area contributed by atoms with Crippen LogP contribution in [0.1, 0.15) is 39.0 Å². The number of Topliss-reactive ketones (excluding diaryl/α,β-unsaturated/α-hetero) is 1. The number of hydrogen-bond donors (Lipinski definition) is 1. The fraction of sp³-hybridized carbons (Fsp3) is 0.182. The van der Waals surface area contributed by atoms with E-state index in [-0.39, 0.29) is 22.9 Å². The number of oxime groups is 1. The Kier molecular flexibility index (Phi) is 6.68. The number of aromatic nitrogens is 2. The van der Waals surface area contributed by atoms with Crippen LogP contribution in [0.3, 0.4) is 0 Å². The van der Waals surface area contributed by atoms with Crippen LogP contribution in [0.2, 0.25) is 0 Å². The van der Waals surface area contributed by atoms with Crippen molar-refractivity contribution in [2.75, 3.05) is 6.61 Å². The SMILES string of the molecule is CCOC(=O)c1nn(-c2ccc(C)cc2)c(C)c1C(=O)C(=NO)Sc1ccccc1. The summed E-state index contributed by atoms with van der Waals surface area (Å²) in [5, 5.41) is 16.9. The van der Waals surface area contributed by atoms with Gasteiger partial charge < -0.3 is 9.94 Å². The molecule has 0 saturated heterocycles. The largest absolute Gasteiger partial charge is 0.461 e. The quantitative estimate of drug-likeness (QED) is 0.120. The van der Waals surface area contributed by atoms with E-state index in [4.69, 9.17) is 4.74 Å². The van der Waals surface area contributed by atoms with Gasteiger partial charge in [0, 0.05) is 4.90 Å². The number of benzene rings is 2. The maximum Gasteiger partial charge on any atom is 0.359 e. The fourth-order valence-electron chi connectivity index (χ4n) is 2.87. The van der Waals surface area contributed by atoms with Crippen LogP contribution in [0.25, 0.3) is 5.69 Å². The number of carbonyl (C=O) groups is 2. The first-order valence-corrected chi connectivity index (χ1v) is 10.1. The molecule has 1 aromatic heterocycles. The van der Waals surface area contributed by atoms with E-state index in [1.54, 1.807) is 26.0 Å². The molecule has 8 heteroatoms. The average molecular weight is 423 g/mol. The second-order valence-electron chi connectivity index (χ2n) is 6.43. The van der Waals surface area contributed by atoms with Gasteiger partial charge in [0.25, 0.3) is 0 Å². The van der Waals surface area contributed by atoms with Crippen LogP contribution >= 0.6 is 11.8 Å². The molecule has 30 heavy (non-hydrogen) atoms. The summed E-state index contributed by atoms with van der Waals surface area (Å²) in [5.41, 5.74) is 2.14. The molecular formula is C22H21N3O4S. The topological polar surface area (TPSA) is 93.8 Å². The molecule has 0 bridgehead atoms. The number of esters is 1. The van der Waals surface area contributed by atoms with Gasteiger partial charge in [0.2, 0.25) is 5.78 Å². The predicted octanol–water partition coefficient (Wildman–Crippen LogP) is 4.43. The molecule has 3 rings (SSSR count). The zero-order chi connectivity index (χ0) is 21.7. The Bertz CT molecular complexity index is 1090. The molecule has 1 heterocycles. The molecule has 3 aromatic rings. The van der Waals surface area contributed by atoms with Crippen molar-refractivity contribution in [3.05, 3.63) is 77.1 Å². The van der Waals surface area contributed by atoms with E-state index in [2.05, 4.69) is 10.3 Å². The van der Waals surface area contributed by atoms with E-state index in [1.807, 2.05) is 49.4 Å². The Morgan fingerprint density at radius 1 is 1.10 bits per heavy atom. The summed E-state index contributed by atoms with van der Waals surface area (Å²) in [6.45, 7) is 5.46. The van der Waals surface area contributed by atoms with Crippen LogP contribution in [0.5, 0.6) is 0 Å². The molecule has 0 aliphatic heterocycles. The van der Waals surface area contributed by atoms with Crippen LogP contribution in [0, 0.1) is 13.8 Å². The van der Waals surface area contributed by atoms with Gasteiger partial charge in [-0.25, -0.2) is 9.48 Å². The number of ketones is 1. The predicted molar refractivity (Wildman–Crippen MR) is 115 cm³/mol. The third-order valence-electron chi connectivity index (χ3n) is 4.33. The molecule has 0 amide bonds. The van der Waals surface area contributed by atoms with Crippen molar-refractivity contribution in [1.29, 1.82) is 0 Å². The van der Waals surface area contributed by atoms with E-state index < -0.39 is 11.8 Å². The smallest absolute Gasteiger partial charge is 0.359 e. The number of ether oxygens (including phenoxy) is 1. The molecule has 0 aliphatic rings. The van der Waals surface area contributed by atoms with Crippen molar-refractivity contribution in [3.8, 4) is 5.69 Å². The highest BCUT2D eigenvalue weighted by Gasteiger charge is 2.30. The lowest BCUT2D eigenvalue weighted by Gasteiger charge is -2.07. The highest BCUT2D eigenvalue weighted by molar-refractivity contribution is 8.15. The Hall–Kier alpha value is -3.39. The Balaban J connectivity index is 2.07. The standard InChI is InChI=1S/C22H21N3O4S/c1-4-29-22(27)19-18(15(3)25(23-19)16-12-10-14(2)11-13-16)20(26)21(24-28)30-17-8-6-5-7-9-17/h5-13,28H,4H2,1-3H3. The van der Waals surface area contributed by atoms with E-state index in [1.165, 1.54) is 4.68 Å². The molecule has 0 atom stereocenters. The lowest BCUT2D eigenvalue weighted by molar-refractivity contribution is 0.0516. The first-order valence-electron chi connectivity index (χ1n) is 9.29. The maximum absolute atomic E-state index is 13.3. The Morgan fingerprint density at radius 2 is 1.77 bits per heavy atom. The molecule has 154 valence electrons. The molecule has 0 spiro atoms. The number of carbonyl (C=O) groups excluding carboxylic acids is 2. The summed E-state index contributed by atoms with van der Waals surface area (Å²) in [6, 6.07) is 16.6. The summed E-state index contributed by atoms with van der Waals surface area (Å²) in [7, 11) is 0. The second-order valence-corrected chi connectivity index (χ2v) is 7.49. The van der Waals surface area contributed by atoms with Crippen molar-refractivity contribution in [2.45, 2.75) is 25.7 Å². The zero-order valence-corrected chi connectivity index (χ0v) is 17.6. The summed E-state index contributed by atoms with van der Waals surface area (Å²) in [5.74, 6) is -1.32. The van der Waals surface area contributed by atoms with Crippen LogP contribution in [-0.4, -0.2) is 38.4 Å². The molecule has 1 N–H and O–H groups in total. The molecule has 2 aromatic carbocycles. The van der Waals surface area contributed by atoms with Crippen molar-refractivity contribution in [3.63, 3.8) is 0 Å². The van der Waals surface area contributed by atoms with E-state index >= 15 is 0 Å². The highest BCUT2D eigenvalue weighted by atomic mass is 32.2. The van der Waals surface area contributed by atoms with Crippen LogP contribution in [0.4, 0.5) is 0 Å². The minimum Gasteiger partial charge on any atom is -0.461 e. The van der Waals surface area contributed by atoms with Crippen molar-refractivity contribution in [2.24, 2.45) is 5.16 Å². The fourth-order valence-corrected chi connectivity index (χ4v) is 3.63. The number of aryl methyl sites for hydroxylation is 1. The van der Waals surface area contributed by atoms with Gasteiger partial charge in [-0.05, 0) is 45.0 Å². The second kappa shape index (κ2) is 9.41. The van der Waals surface area contributed by atoms with Gasteiger partial charge in [0.1, 0.15) is 0 Å². The Morgan fingerprint density at radius 3 is 2.37 bits per heavy atom. The lowest BCUT2D eigenvalue weighted by Crippen LogP contribution is -2.17. The van der Waals surface area contributed by atoms with Gasteiger partial charge in [-0.1, -0.05) is 52.8 Å². The van der Waals surface area contributed by atoms with E-state index in [0.717, 1.165) is 22.2 Å². The minimum absolute atomic E-state index is 0.0465. The summed E-state index contributed by atoms with van der Waals surface area (Å²) >= 11 is 1.00. The van der Waals surface area contributed by atoms with Crippen molar-refractivity contribution in [1.82, 2.24) is 9.78 Å². The summed E-state index contributed by atoms with van der Waals surface area (Å²) in [4.78, 5) is 26.5. The molecular weight excluding hydrogens is 402 g/mol. The van der Waals surface area contributed by atoms with Gasteiger partial charge in [-0.2, -0.15) is 5.10 Å². The van der Waals surface area contributed by atoms with Crippen LogP contribution < -0.4 is 0 Å². The van der Waals surface area contributed by atoms with Crippen LogP contribution in [0.15, 0.2) is 64.6 Å². The first-order chi connectivity index (χ1) is 14.5. The van der Waals surface area contributed by atoms with E-state index in [9.17, 15) is 14.8 Å². The molecule has 0 fully saturated rings. The van der Waals surface area contributed by atoms with Gasteiger partial charge >= 0.3 is 5.97 Å². The van der Waals surface area contributed by atoms with Crippen molar-refractivity contribution >= 4 is 28.6 Å². The third kappa shape index (κ3) is 4.44. The van der Waals surface area contributed by atoms with Gasteiger partial charge in [0.15, 0.2) is 10.7 Å². The summed E-state index contributed by atoms with van der Waals surface area (Å²) in [6.07, 6.45) is 0.